The molecule has 2 aromatic carbocycles. The molecule has 4 rings (SSSR count). The highest BCUT2D eigenvalue weighted by molar-refractivity contribution is 6.01. The van der Waals surface area contributed by atoms with E-state index in [-0.39, 0.29) is 6.03 Å². The minimum absolute atomic E-state index is 0.263. The van der Waals surface area contributed by atoms with Crippen LogP contribution in [0.2, 0.25) is 0 Å². The lowest BCUT2D eigenvalue weighted by molar-refractivity contribution is 0.262. The molecule has 0 saturated heterocycles. The first-order chi connectivity index (χ1) is 12.3. The molecule has 6 heteroatoms. The Labute approximate surface area is 146 Å². The van der Waals surface area contributed by atoms with Crippen molar-refractivity contribution in [3.63, 3.8) is 0 Å². The highest BCUT2D eigenvalue weighted by atomic mass is 16.2. The second-order valence-electron chi connectivity index (χ2n) is 6.46. The Morgan fingerprint density at radius 3 is 2.60 bits per heavy atom. The van der Waals surface area contributed by atoms with Crippen molar-refractivity contribution in [1.29, 1.82) is 0 Å². The number of urea groups is 1. The number of carbonyl (C=O) groups excluding carboxylic acids is 1. The molecule has 0 unspecified atom stereocenters. The van der Waals surface area contributed by atoms with E-state index in [0.29, 0.717) is 6.04 Å². The second kappa shape index (κ2) is 6.84. The number of fused-ring (bicyclic) bond motifs is 1. The number of carbonyl (C=O) groups is 1. The van der Waals surface area contributed by atoms with Gasteiger partial charge in [-0.1, -0.05) is 18.9 Å². The van der Waals surface area contributed by atoms with Crippen molar-refractivity contribution in [2.75, 3.05) is 16.0 Å². The van der Waals surface area contributed by atoms with Crippen LogP contribution in [0.5, 0.6) is 0 Å². The van der Waals surface area contributed by atoms with E-state index < -0.39 is 0 Å². The maximum atomic E-state index is 12.2. The zero-order valence-corrected chi connectivity index (χ0v) is 13.9. The summed E-state index contributed by atoms with van der Waals surface area (Å²) >= 11 is 0. The van der Waals surface area contributed by atoms with Gasteiger partial charge in [0.1, 0.15) is 0 Å². The van der Waals surface area contributed by atoms with E-state index in [9.17, 15) is 4.79 Å². The summed E-state index contributed by atoms with van der Waals surface area (Å²) < 4.78 is 0. The number of aromatic amines is 1. The van der Waals surface area contributed by atoms with Gasteiger partial charge in [-0.25, -0.2) is 4.79 Å². The Morgan fingerprint density at radius 2 is 1.76 bits per heavy atom. The normalized spacial score (nSPS) is 14.6. The fraction of sp³-hybridized carbons (Fsp3) is 0.263. The van der Waals surface area contributed by atoms with Gasteiger partial charge in [-0.05, 0) is 49.2 Å². The number of nitrogens with one attached hydrogen (secondary N) is 4. The van der Waals surface area contributed by atoms with E-state index in [2.05, 4.69) is 26.1 Å². The quantitative estimate of drug-likeness (QED) is 0.564. The van der Waals surface area contributed by atoms with Crippen LogP contribution in [0.15, 0.2) is 48.7 Å². The summed E-state index contributed by atoms with van der Waals surface area (Å²) in [6.45, 7) is 0. The van der Waals surface area contributed by atoms with Crippen LogP contribution < -0.4 is 16.0 Å². The van der Waals surface area contributed by atoms with Crippen molar-refractivity contribution in [1.82, 2.24) is 10.2 Å². The van der Waals surface area contributed by atoms with E-state index in [4.69, 9.17) is 0 Å². The largest absolute Gasteiger partial charge is 0.382 e. The van der Waals surface area contributed by atoms with Gasteiger partial charge in [0.15, 0.2) is 0 Å². The number of nitrogens with zero attached hydrogens (tertiary/aromatic N) is 1. The van der Waals surface area contributed by atoms with Crippen LogP contribution in [0.3, 0.4) is 0 Å². The van der Waals surface area contributed by atoms with Crippen molar-refractivity contribution in [2.24, 2.45) is 0 Å². The van der Waals surface area contributed by atoms with Crippen LogP contribution in [-0.2, 0) is 0 Å². The van der Waals surface area contributed by atoms with Crippen LogP contribution in [0.1, 0.15) is 25.7 Å². The second-order valence-corrected chi connectivity index (χ2v) is 6.46. The average molecular weight is 335 g/mol. The molecule has 3 aromatic rings. The summed E-state index contributed by atoms with van der Waals surface area (Å²) in [5, 5.41) is 17.1. The minimum atomic E-state index is -0.263. The van der Waals surface area contributed by atoms with Crippen molar-refractivity contribution in [3.8, 4) is 0 Å². The third-order valence-electron chi connectivity index (χ3n) is 4.54. The number of aromatic nitrogens is 2. The summed E-state index contributed by atoms with van der Waals surface area (Å²) in [5.74, 6) is 0. The zero-order chi connectivity index (χ0) is 17.1. The Hall–Kier alpha value is -3.02. The van der Waals surface area contributed by atoms with Crippen LogP contribution in [-0.4, -0.2) is 22.3 Å². The fourth-order valence-corrected chi connectivity index (χ4v) is 3.31. The van der Waals surface area contributed by atoms with E-state index in [1.807, 2.05) is 42.5 Å². The Balaban J connectivity index is 1.39. The molecule has 4 N–H and O–H groups in total. The summed E-state index contributed by atoms with van der Waals surface area (Å²) in [6, 6.07) is 13.7. The Kier molecular flexibility index (Phi) is 4.24. The number of hydrogen-bond donors (Lipinski definition) is 4. The van der Waals surface area contributed by atoms with E-state index in [1.54, 1.807) is 6.20 Å². The van der Waals surface area contributed by atoms with Crippen molar-refractivity contribution < 1.29 is 4.79 Å². The summed E-state index contributed by atoms with van der Waals surface area (Å²) in [4.78, 5) is 12.2. The topological polar surface area (TPSA) is 81.8 Å². The van der Waals surface area contributed by atoms with Crippen molar-refractivity contribution in [2.45, 2.75) is 31.7 Å². The minimum Gasteiger partial charge on any atom is -0.382 e. The lowest BCUT2D eigenvalue weighted by Gasteiger charge is -2.15. The molecule has 1 saturated carbocycles. The fourth-order valence-electron chi connectivity index (χ4n) is 3.31. The average Bonchev–Trinajstić information content (AvgIpc) is 3.26. The third-order valence-corrected chi connectivity index (χ3v) is 4.54. The zero-order valence-electron chi connectivity index (χ0n) is 13.9. The standard InChI is InChI=1S/C19H21N5O/c25-19(23-17-8-9-18-13(10-17)12-20-24-18)22-16-7-3-6-15(11-16)21-14-4-1-2-5-14/h3,6-12,14,21H,1-2,4-5H2,(H,20,24)(H2,22,23,25). The lowest BCUT2D eigenvalue weighted by atomic mass is 10.2. The van der Waals surface area contributed by atoms with Crippen molar-refractivity contribution in [3.05, 3.63) is 48.7 Å². The molecule has 1 heterocycles. The third kappa shape index (κ3) is 3.74. The van der Waals surface area contributed by atoms with Gasteiger partial charge in [-0.3, -0.25) is 5.10 Å². The first kappa shape index (κ1) is 15.5. The number of hydrogen-bond acceptors (Lipinski definition) is 3. The number of anilines is 3. The Morgan fingerprint density at radius 1 is 1.00 bits per heavy atom. The predicted molar refractivity (Wildman–Crippen MR) is 101 cm³/mol. The van der Waals surface area contributed by atoms with Crippen molar-refractivity contribution >= 4 is 34.0 Å². The van der Waals surface area contributed by atoms with Gasteiger partial charge < -0.3 is 16.0 Å². The Bertz CT molecular complexity index is 882. The van der Waals surface area contributed by atoms with Gasteiger partial charge in [0.2, 0.25) is 0 Å². The van der Waals surface area contributed by atoms with Gasteiger partial charge in [0.05, 0.1) is 11.7 Å². The van der Waals surface area contributed by atoms with E-state index in [0.717, 1.165) is 28.0 Å². The molecule has 0 atom stereocenters. The first-order valence-electron chi connectivity index (χ1n) is 8.64. The summed E-state index contributed by atoms with van der Waals surface area (Å²) in [5.41, 5.74) is 3.48. The van der Waals surface area contributed by atoms with E-state index >= 15 is 0 Å². The molecule has 2 amide bonds. The molecule has 1 fully saturated rings. The molecule has 1 aromatic heterocycles. The molecule has 25 heavy (non-hydrogen) atoms. The number of rotatable bonds is 4. The highest BCUT2D eigenvalue weighted by Gasteiger charge is 2.14. The van der Waals surface area contributed by atoms with Gasteiger partial charge in [0.25, 0.3) is 0 Å². The summed E-state index contributed by atoms with van der Waals surface area (Å²) in [6.07, 6.45) is 6.75. The van der Waals surface area contributed by atoms with Crippen LogP contribution in [0.4, 0.5) is 21.9 Å². The lowest BCUT2D eigenvalue weighted by Crippen LogP contribution is -2.19. The van der Waals surface area contributed by atoms with Crippen LogP contribution in [0.25, 0.3) is 10.9 Å². The predicted octanol–water partition coefficient (Wildman–Crippen LogP) is 4.56. The smallest absolute Gasteiger partial charge is 0.323 e. The van der Waals surface area contributed by atoms with Gasteiger partial charge >= 0.3 is 6.03 Å². The molecule has 0 aliphatic heterocycles. The van der Waals surface area contributed by atoms with Crippen LogP contribution in [0, 0.1) is 0 Å². The molecular formula is C19H21N5O. The van der Waals surface area contributed by atoms with Gasteiger partial charge in [-0.15, -0.1) is 0 Å². The molecule has 0 bridgehead atoms. The maximum absolute atomic E-state index is 12.2. The van der Waals surface area contributed by atoms with Crippen LogP contribution >= 0.6 is 0 Å². The monoisotopic (exact) mass is 335 g/mol. The molecule has 0 spiro atoms. The first-order valence-corrected chi connectivity index (χ1v) is 8.64. The number of amides is 2. The molecule has 1 aliphatic rings. The molecule has 0 radical (unpaired) electrons. The molecule has 1 aliphatic carbocycles. The van der Waals surface area contributed by atoms with Gasteiger partial charge in [0, 0.05) is 28.5 Å². The SMILES string of the molecule is O=C(Nc1cccc(NC2CCCC2)c1)Nc1ccc2[nH]ncc2c1. The number of benzene rings is 2. The van der Waals surface area contributed by atoms with E-state index in [1.165, 1.54) is 25.7 Å². The van der Waals surface area contributed by atoms with Gasteiger partial charge in [-0.2, -0.15) is 5.10 Å². The molecular weight excluding hydrogens is 314 g/mol. The summed E-state index contributed by atoms with van der Waals surface area (Å²) in [7, 11) is 0. The highest BCUT2D eigenvalue weighted by Crippen LogP contribution is 2.24. The number of H-pyrrole nitrogens is 1. The maximum Gasteiger partial charge on any atom is 0.323 e. The molecule has 6 nitrogen and oxygen atoms in total. The molecule has 128 valence electrons.